The Bertz CT molecular complexity index is 1240. The number of ether oxygens (including phenoxy) is 1. The third-order valence-electron chi connectivity index (χ3n) is 4.77. The number of rotatable bonds is 5. The van der Waals surface area contributed by atoms with Crippen LogP contribution >= 0.6 is 0 Å². The van der Waals surface area contributed by atoms with E-state index < -0.39 is 27.3 Å². The number of carboxylic acid groups (broad SMARTS) is 1. The molecule has 2 rings (SSSR count). The second kappa shape index (κ2) is 9.46. The summed E-state index contributed by atoms with van der Waals surface area (Å²) >= 11 is 0. The first-order valence-electron chi connectivity index (χ1n) is 10.0. The van der Waals surface area contributed by atoms with Crippen molar-refractivity contribution in [3.63, 3.8) is 0 Å². The van der Waals surface area contributed by atoms with Gasteiger partial charge in [0.15, 0.2) is 15.9 Å². The summed E-state index contributed by atoms with van der Waals surface area (Å²) in [5.41, 5.74) is 1.43. The van der Waals surface area contributed by atoms with Crippen molar-refractivity contribution in [3.05, 3.63) is 58.7 Å². The molecule has 0 bridgehead atoms. The minimum Gasteiger partial charge on any atom is -0.478 e. The highest BCUT2D eigenvalue weighted by atomic mass is 32.2. The first kappa shape index (κ1) is 25.0. The van der Waals surface area contributed by atoms with E-state index >= 15 is 0 Å². The minimum absolute atomic E-state index is 0.103. The second-order valence-corrected chi connectivity index (χ2v) is 11.0. The van der Waals surface area contributed by atoms with Gasteiger partial charge in [-0.2, -0.15) is 5.26 Å². The summed E-state index contributed by atoms with van der Waals surface area (Å²) in [6.07, 6.45) is 0.00548. The molecule has 32 heavy (non-hydrogen) atoms. The molecule has 0 saturated carbocycles. The van der Waals surface area contributed by atoms with Gasteiger partial charge >= 0.3 is 5.97 Å². The van der Waals surface area contributed by atoms with Gasteiger partial charge in [0.25, 0.3) is 0 Å². The lowest BCUT2D eigenvalue weighted by molar-refractivity contribution is -0.150. The van der Waals surface area contributed by atoms with E-state index in [-0.39, 0.29) is 16.6 Å². The summed E-state index contributed by atoms with van der Waals surface area (Å²) in [5, 5.41) is 18.9. The summed E-state index contributed by atoms with van der Waals surface area (Å²) in [5.74, 6) is 5.20. The molecule has 1 unspecified atom stereocenters. The van der Waals surface area contributed by atoms with Crippen LogP contribution in [0, 0.1) is 28.6 Å². The average molecular weight is 454 g/mol. The molecule has 0 aliphatic carbocycles. The van der Waals surface area contributed by atoms with Crippen LogP contribution in [0.3, 0.4) is 0 Å². The average Bonchev–Trinajstić information content (AvgIpc) is 2.68. The van der Waals surface area contributed by atoms with Crippen molar-refractivity contribution in [1.29, 1.82) is 5.26 Å². The van der Waals surface area contributed by atoms with Crippen molar-refractivity contribution < 1.29 is 23.1 Å². The number of nitriles is 1. The Morgan fingerprint density at radius 3 is 2.19 bits per heavy atom. The van der Waals surface area contributed by atoms with Gasteiger partial charge in [-0.3, -0.25) is 0 Å². The van der Waals surface area contributed by atoms with Crippen LogP contribution in [0.2, 0.25) is 0 Å². The molecule has 0 radical (unpaired) electrons. The highest BCUT2D eigenvalue weighted by Crippen LogP contribution is 2.28. The fourth-order valence-corrected chi connectivity index (χ4v) is 3.68. The number of benzene rings is 2. The molecule has 0 amide bonds. The fraction of sp³-hybridized carbons (Fsp3) is 0.360. The van der Waals surface area contributed by atoms with Crippen molar-refractivity contribution in [2.45, 2.75) is 51.5 Å². The molecule has 0 fully saturated rings. The zero-order chi connectivity index (χ0) is 24.3. The van der Waals surface area contributed by atoms with Crippen LogP contribution in [0.4, 0.5) is 0 Å². The van der Waals surface area contributed by atoms with Gasteiger partial charge in [0.05, 0.1) is 22.1 Å². The maximum Gasteiger partial charge on any atom is 0.345 e. The van der Waals surface area contributed by atoms with Crippen molar-refractivity contribution >= 4 is 15.8 Å². The molecule has 1 N–H and O–H groups in total. The van der Waals surface area contributed by atoms with Gasteiger partial charge < -0.3 is 9.84 Å². The van der Waals surface area contributed by atoms with Gasteiger partial charge in [-0.1, -0.05) is 52.5 Å². The maximum atomic E-state index is 12.0. The quantitative estimate of drug-likeness (QED) is 0.675. The highest BCUT2D eigenvalue weighted by Gasteiger charge is 2.33. The van der Waals surface area contributed by atoms with E-state index in [1.807, 2.05) is 19.9 Å². The molecule has 2 aromatic rings. The molecule has 1 atom stereocenters. The zero-order valence-corrected chi connectivity index (χ0v) is 19.9. The van der Waals surface area contributed by atoms with E-state index in [9.17, 15) is 23.6 Å². The number of hydrogen-bond donors (Lipinski definition) is 1. The number of sulfone groups is 1. The minimum atomic E-state index is -3.41. The van der Waals surface area contributed by atoms with Crippen LogP contribution in [0.15, 0.2) is 41.3 Å². The molecule has 0 aromatic heterocycles. The van der Waals surface area contributed by atoms with E-state index in [4.69, 9.17) is 4.74 Å². The molecule has 0 aliphatic heterocycles. The Morgan fingerprint density at radius 1 is 1.06 bits per heavy atom. The monoisotopic (exact) mass is 453 g/mol. The van der Waals surface area contributed by atoms with Crippen LogP contribution in [-0.4, -0.2) is 31.9 Å². The summed E-state index contributed by atoms with van der Waals surface area (Å²) in [7, 11) is -3.41. The third kappa shape index (κ3) is 6.12. The van der Waals surface area contributed by atoms with E-state index in [0.717, 1.165) is 11.8 Å². The van der Waals surface area contributed by atoms with Gasteiger partial charge in [-0.05, 0) is 41.8 Å². The Morgan fingerprint density at radius 2 is 1.69 bits per heavy atom. The summed E-state index contributed by atoms with van der Waals surface area (Å²) < 4.78 is 29.8. The Labute approximate surface area is 189 Å². The molecule has 0 spiro atoms. The maximum absolute atomic E-state index is 12.0. The molecule has 0 heterocycles. The van der Waals surface area contributed by atoms with E-state index in [1.165, 1.54) is 24.3 Å². The molecular weight excluding hydrogens is 426 g/mol. The van der Waals surface area contributed by atoms with E-state index in [2.05, 4.69) is 11.8 Å². The van der Waals surface area contributed by atoms with Crippen molar-refractivity contribution in [2.24, 2.45) is 5.41 Å². The highest BCUT2D eigenvalue weighted by molar-refractivity contribution is 7.90. The molecule has 2 aromatic carbocycles. The smallest absolute Gasteiger partial charge is 0.345 e. The topological polar surface area (TPSA) is 104 Å². The summed E-state index contributed by atoms with van der Waals surface area (Å²) in [6.45, 7) is 9.23. The lowest BCUT2D eigenvalue weighted by Gasteiger charge is -2.28. The largest absolute Gasteiger partial charge is 0.478 e. The van der Waals surface area contributed by atoms with Crippen LogP contribution in [0.1, 0.15) is 62.8 Å². The number of hydrogen-bond acceptors (Lipinski definition) is 5. The fourth-order valence-electron chi connectivity index (χ4n) is 3.04. The number of nitrogens with zero attached hydrogens (tertiary/aromatic N) is 1. The lowest BCUT2D eigenvalue weighted by atomic mass is 9.89. The van der Waals surface area contributed by atoms with Crippen molar-refractivity contribution in [1.82, 2.24) is 0 Å². The number of carbonyl (C=O) groups is 1. The molecule has 6 nitrogen and oxygen atoms in total. The summed E-state index contributed by atoms with van der Waals surface area (Å²) in [4.78, 5) is 11.9. The predicted octanol–water partition coefficient (Wildman–Crippen LogP) is 4.36. The van der Waals surface area contributed by atoms with Crippen LogP contribution in [0.5, 0.6) is 5.75 Å². The van der Waals surface area contributed by atoms with Crippen molar-refractivity contribution in [2.75, 3.05) is 6.26 Å². The van der Waals surface area contributed by atoms with Gasteiger partial charge in [-0.15, -0.1) is 0 Å². The van der Waals surface area contributed by atoms with Crippen molar-refractivity contribution in [3.8, 4) is 23.7 Å². The molecule has 0 aliphatic rings. The van der Waals surface area contributed by atoms with E-state index in [0.29, 0.717) is 16.7 Å². The van der Waals surface area contributed by atoms with Gasteiger partial charge in [0.1, 0.15) is 5.75 Å². The molecule has 0 saturated heterocycles. The van der Waals surface area contributed by atoms with Gasteiger partial charge in [0.2, 0.25) is 0 Å². The second-order valence-electron chi connectivity index (χ2n) is 8.95. The summed E-state index contributed by atoms with van der Waals surface area (Å²) in [6, 6.07) is 11.5. The van der Waals surface area contributed by atoms with Crippen LogP contribution < -0.4 is 4.74 Å². The molecule has 168 valence electrons. The van der Waals surface area contributed by atoms with Crippen LogP contribution in [-0.2, 0) is 14.6 Å². The Kier molecular flexibility index (Phi) is 7.38. The Hall–Kier alpha value is -3.29. The van der Waals surface area contributed by atoms with Gasteiger partial charge in [0, 0.05) is 17.2 Å². The molecule has 7 heteroatoms. The first-order chi connectivity index (χ1) is 14.7. The number of aliphatic carboxylic acids is 1. The van der Waals surface area contributed by atoms with Crippen LogP contribution in [0.25, 0.3) is 0 Å². The Balaban J connectivity index is 2.64. The normalized spacial score (nSPS) is 12.4. The zero-order valence-electron chi connectivity index (χ0n) is 19.1. The SMILES string of the molecule is CC(C)c1ccc(S(C)(=O)=O)cc1C#Cc1cc(C#N)ccc1OC(C(=O)O)C(C)(C)C. The lowest BCUT2D eigenvalue weighted by Crippen LogP contribution is -2.39. The van der Waals surface area contributed by atoms with E-state index in [1.54, 1.807) is 32.9 Å². The third-order valence-corrected chi connectivity index (χ3v) is 5.88. The van der Waals surface area contributed by atoms with Gasteiger partial charge in [-0.25, -0.2) is 13.2 Å². The predicted molar refractivity (Wildman–Crippen MR) is 122 cm³/mol. The standard InChI is InChI=1S/C25H27NO5S/c1-16(2)21-11-10-20(32(6,29)30)14-18(21)8-9-19-13-17(15-26)7-12-22(19)31-23(24(27)28)25(3,4)5/h7,10-14,16,23H,1-6H3,(H,27,28). The first-order valence-corrected chi connectivity index (χ1v) is 11.9. The number of carboxylic acids is 1. The molecular formula is C25H27NO5S.